The summed E-state index contributed by atoms with van der Waals surface area (Å²) >= 11 is 3.57. The molecule has 0 aliphatic carbocycles. The molecule has 1 saturated heterocycles. The largest absolute Gasteiger partial charge is 0.376 e. The summed E-state index contributed by atoms with van der Waals surface area (Å²) in [6.07, 6.45) is 2.15. The second-order valence-corrected chi connectivity index (χ2v) is 9.84. The molecule has 4 nitrogen and oxygen atoms in total. The summed E-state index contributed by atoms with van der Waals surface area (Å²) in [6.45, 7) is 1.39. The molecule has 2 aliphatic heterocycles. The van der Waals surface area contributed by atoms with Gasteiger partial charge >= 0.3 is 0 Å². The highest BCUT2D eigenvalue weighted by Gasteiger charge is 2.41. The number of fused-ring (bicyclic) bond motifs is 2. The summed E-state index contributed by atoms with van der Waals surface area (Å²) in [5.74, 6) is 0.0980. The van der Waals surface area contributed by atoms with Crippen molar-refractivity contribution in [2.75, 3.05) is 13.2 Å². The highest BCUT2D eigenvalue weighted by molar-refractivity contribution is 9.10. The Labute approximate surface area is 201 Å². The number of aryl methyl sites for hydroxylation is 1. The monoisotopic (exact) mass is 500 g/mol. The van der Waals surface area contributed by atoms with Crippen LogP contribution in [-0.4, -0.2) is 34.6 Å². The number of para-hydroxylation sites is 1. The van der Waals surface area contributed by atoms with E-state index in [4.69, 9.17) is 4.74 Å². The number of carbonyl (C=O) groups excluding carboxylic acids is 1. The van der Waals surface area contributed by atoms with Crippen LogP contribution in [0, 0.1) is 0 Å². The van der Waals surface area contributed by atoms with E-state index < -0.39 is 0 Å². The van der Waals surface area contributed by atoms with Crippen LogP contribution >= 0.6 is 15.9 Å². The van der Waals surface area contributed by atoms with Crippen molar-refractivity contribution in [2.45, 2.75) is 25.0 Å². The Morgan fingerprint density at radius 3 is 2.55 bits per heavy atom. The molecular formula is C28H25BrN2O2. The van der Waals surface area contributed by atoms with E-state index >= 15 is 0 Å². The number of benzene rings is 3. The normalized spacial score (nSPS) is 20.1. The molecule has 6 rings (SSSR count). The van der Waals surface area contributed by atoms with Gasteiger partial charge in [0.05, 0.1) is 17.8 Å². The first-order chi connectivity index (χ1) is 16.1. The molecule has 166 valence electrons. The lowest BCUT2D eigenvalue weighted by atomic mass is 9.93. The summed E-state index contributed by atoms with van der Waals surface area (Å²) in [5.41, 5.74) is 6.52. The van der Waals surface area contributed by atoms with E-state index in [1.165, 1.54) is 16.5 Å². The summed E-state index contributed by atoms with van der Waals surface area (Å²) in [7, 11) is 2.12. The second kappa shape index (κ2) is 8.15. The zero-order valence-corrected chi connectivity index (χ0v) is 20.1. The van der Waals surface area contributed by atoms with Gasteiger partial charge in [-0.15, -0.1) is 0 Å². The van der Waals surface area contributed by atoms with Gasteiger partial charge in [-0.05, 0) is 48.2 Å². The fourth-order valence-corrected chi connectivity index (χ4v) is 5.80. The Hall–Kier alpha value is -2.89. The zero-order chi connectivity index (χ0) is 22.5. The van der Waals surface area contributed by atoms with E-state index in [1.54, 1.807) is 0 Å². The zero-order valence-electron chi connectivity index (χ0n) is 18.5. The highest BCUT2D eigenvalue weighted by atomic mass is 79.9. The topological polar surface area (TPSA) is 34.5 Å². The fraction of sp³-hybridized carbons (Fsp3) is 0.250. The Bertz CT molecular complexity index is 1350. The Kier molecular flexibility index (Phi) is 5.11. The third-order valence-corrected chi connectivity index (χ3v) is 7.55. The first-order valence-electron chi connectivity index (χ1n) is 11.5. The van der Waals surface area contributed by atoms with Crippen molar-refractivity contribution >= 4 is 32.7 Å². The summed E-state index contributed by atoms with van der Waals surface area (Å²) in [5, 5.41) is 1.18. The van der Waals surface area contributed by atoms with Crippen molar-refractivity contribution in [1.82, 2.24) is 9.47 Å². The molecule has 4 aromatic rings. The molecule has 0 saturated carbocycles. The molecule has 33 heavy (non-hydrogen) atoms. The second-order valence-electron chi connectivity index (χ2n) is 8.93. The minimum absolute atomic E-state index is 0.0943. The van der Waals surface area contributed by atoms with Gasteiger partial charge in [-0.1, -0.05) is 64.5 Å². The number of carbonyl (C=O) groups is 1. The van der Waals surface area contributed by atoms with Gasteiger partial charge in [0, 0.05) is 46.7 Å². The van der Waals surface area contributed by atoms with Gasteiger partial charge in [0.1, 0.15) is 0 Å². The Morgan fingerprint density at radius 2 is 1.76 bits per heavy atom. The highest BCUT2D eigenvalue weighted by Crippen LogP contribution is 2.46. The van der Waals surface area contributed by atoms with Gasteiger partial charge in [0.2, 0.25) is 0 Å². The van der Waals surface area contributed by atoms with Crippen molar-refractivity contribution in [3.8, 4) is 11.3 Å². The lowest BCUT2D eigenvalue weighted by Gasteiger charge is -2.29. The first-order valence-corrected chi connectivity index (χ1v) is 12.3. The first kappa shape index (κ1) is 20.7. The van der Waals surface area contributed by atoms with E-state index in [1.807, 2.05) is 23.1 Å². The van der Waals surface area contributed by atoms with Gasteiger partial charge in [-0.25, -0.2) is 0 Å². The predicted molar refractivity (Wildman–Crippen MR) is 134 cm³/mol. The molecule has 0 spiro atoms. The molecule has 2 atom stereocenters. The standard InChI is InChI=1S/C28H25BrN2O2/c1-30-24-11-5-4-10-23(24)25(26(30)18-12-14-19(29)15-13-18)27-21-8-2-3-9-22(21)28(32)31(27)17-20-7-6-16-33-20/h2-5,8-15,20,27H,6-7,16-17H2,1H3/t20-,27+/m0/s1. The number of rotatable bonds is 4. The molecule has 0 N–H and O–H groups in total. The van der Waals surface area contributed by atoms with Gasteiger partial charge in [0.25, 0.3) is 5.91 Å². The summed E-state index contributed by atoms with van der Waals surface area (Å²) in [4.78, 5) is 15.7. The van der Waals surface area contributed by atoms with Crippen LogP contribution in [0.4, 0.5) is 0 Å². The average molecular weight is 501 g/mol. The van der Waals surface area contributed by atoms with E-state index in [2.05, 4.69) is 82.1 Å². The van der Waals surface area contributed by atoms with Crippen LogP contribution in [0.2, 0.25) is 0 Å². The maximum absolute atomic E-state index is 13.7. The molecule has 1 aromatic heterocycles. The van der Waals surface area contributed by atoms with Crippen LogP contribution in [0.25, 0.3) is 22.2 Å². The van der Waals surface area contributed by atoms with Crippen LogP contribution < -0.4 is 0 Å². The fourth-order valence-electron chi connectivity index (χ4n) is 5.53. The van der Waals surface area contributed by atoms with Crippen LogP contribution in [0.3, 0.4) is 0 Å². The summed E-state index contributed by atoms with van der Waals surface area (Å²) in [6, 6.07) is 24.9. The van der Waals surface area contributed by atoms with Gasteiger partial charge in [0.15, 0.2) is 0 Å². The van der Waals surface area contributed by atoms with Crippen molar-refractivity contribution in [1.29, 1.82) is 0 Å². The number of hydrogen-bond donors (Lipinski definition) is 0. The van der Waals surface area contributed by atoms with E-state index in [0.717, 1.165) is 46.3 Å². The number of ether oxygens (including phenoxy) is 1. The van der Waals surface area contributed by atoms with Crippen molar-refractivity contribution in [3.05, 3.63) is 94.0 Å². The number of nitrogens with zero attached hydrogens (tertiary/aromatic N) is 2. The molecular weight excluding hydrogens is 476 g/mol. The van der Waals surface area contributed by atoms with Crippen LogP contribution in [-0.2, 0) is 11.8 Å². The molecule has 1 fully saturated rings. The lowest BCUT2D eigenvalue weighted by molar-refractivity contribution is 0.0501. The van der Waals surface area contributed by atoms with Gasteiger partial charge in [-0.3, -0.25) is 4.79 Å². The summed E-state index contributed by atoms with van der Waals surface area (Å²) < 4.78 is 9.28. The minimum atomic E-state index is -0.150. The minimum Gasteiger partial charge on any atom is -0.376 e. The Morgan fingerprint density at radius 1 is 1.00 bits per heavy atom. The number of hydrogen-bond acceptors (Lipinski definition) is 2. The molecule has 0 bridgehead atoms. The SMILES string of the molecule is Cn1c(-c2ccc(Br)cc2)c([C@H]2c3ccccc3C(=O)N2C[C@@H]2CCCO2)c2ccccc21. The van der Waals surface area contributed by atoms with Crippen molar-refractivity contribution in [2.24, 2.45) is 7.05 Å². The number of amides is 1. The predicted octanol–water partition coefficient (Wildman–Crippen LogP) is 6.33. The van der Waals surface area contributed by atoms with E-state index in [9.17, 15) is 4.79 Å². The maximum Gasteiger partial charge on any atom is 0.255 e. The average Bonchev–Trinajstić information content (AvgIpc) is 3.52. The molecule has 2 aliphatic rings. The molecule has 3 heterocycles. The maximum atomic E-state index is 13.7. The number of aromatic nitrogens is 1. The third-order valence-electron chi connectivity index (χ3n) is 7.02. The molecule has 5 heteroatoms. The lowest BCUT2D eigenvalue weighted by Crippen LogP contribution is -2.36. The third kappa shape index (κ3) is 3.33. The van der Waals surface area contributed by atoms with E-state index in [-0.39, 0.29) is 18.1 Å². The molecule has 0 radical (unpaired) electrons. The number of halogens is 1. The smallest absolute Gasteiger partial charge is 0.255 e. The van der Waals surface area contributed by atoms with E-state index in [0.29, 0.717) is 6.54 Å². The molecule has 0 unspecified atom stereocenters. The van der Waals surface area contributed by atoms with Crippen LogP contribution in [0.1, 0.15) is 40.4 Å². The van der Waals surface area contributed by atoms with Gasteiger partial charge < -0.3 is 14.2 Å². The Balaban J connectivity index is 1.61. The van der Waals surface area contributed by atoms with Crippen LogP contribution in [0.15, 0.2) is 77.3 Å². The molecule has 1 amide bonds. The van der Waals surface area contributed by atoms with Crippen molar-refractivity contribution < 1.29 is 9.53 Å². The van der Waals surface area contributed by atoms with Crippen molar-refractivity contribution in [3.63, 3.8) is 0 Å². The quantitative estimate of drug-likeness (QED) is 0.328. The van der Waals surface area contributed by atoms with Gasteiger partial charge in [-0.2, -0.15) is 0 Å². The molecule has 3 aromatic carbocycles. The van der Waals surface area contributed by atoms with Crippen LogP contribution in [0.5, 0.6) is 0 Å².